The topological polar surface area (TPSA) is 84.6 Å². The molecule has 0 N–H and O–H groups in total. The van der Waals surface area contributed by atoms with Gasteiger partial charge in [-0.2, -0.15) is 5.10 Å². The second-order valence-corrected chi connectivity index (χ2v) is 10.5. The van der Waals surface area contributed by atoms with Crippen LogP contribution in [0, 0.1) is 6.92 Å². The van der Waals surface area contributed by atoms with Crippen LogP contribution in [-0.2, 0) is 18.8 Å². The Morgan fingerprint density at radius 2 is 1.92 bits per heavy atom. The Morgan fingerprint density at radius 3 is 2.65 bits per heavy atom. The molecule has 0 unspecified atom stereocenters. The number of morpholine rings is 1. The molecular formula is C27H30N8O2. The second kappa shape index (κ2) is 8.04. The van der Waals surface area contributed by atoms with Gasteiger partial charge in [0, 0.05) is 69.6 Å². The highest BCUT2D eigenvalue weighted by molar-refractivity contribution is 5.94. The van der Waals surface area contributed by atoms with E-state index in [9.17, 15) is 4.79 Å². The maximum Gasteiger partial charge on any atom is 0.253 e. The lowest BCUT2D eigenvalue weighted by molar-refractivity contribution is 0.0990. The molecule has 2 saturated heterocycles. The van der Waals surface area contributed by atoms with Crippen molar-refractivity contribution in [3.63, 3.8) is 0 Å². The van der Waals surface area contributed by atoms with Gasteiger partial charge in [-0.1, -0.05) is 0 Å². The fraction of sp³-hybridized carbons (Fsp3) is 0.407. The largest absolute Gasteiger partial charge is 0.374 e. The monoisotopic (exact) mass is 498 g/mol. The van der Waals surface area contributed by atoms with Crippen LogP contribution >= 0.6 is 0 Å². The lowest BCUT2D eigenvalue weighted by atomic mass is 10.1. The highest BCUT2D eigenvalue weighted by Crippen LogP contribution is 2.41. The maximum atomic E-state index is 12.9. The van der Waals surface area contributed by atoms with Crippen LogP contribution in [0.3, 0.4) is 0 Å². The second-order valence-electron chi connectivity index (χ2n) is 10.5. The zero-order chi connectivity index (χ0) is 25.4. The van der Waals surface area contributed by atoms with Gasteiger partial charge in [0.05, 0.1) is 53.7 Å². The summed E-state index contributed by atoms with van der Waals surface area (Å²) >= 11 is 0. The number of hydrogen-bond donors (Lipinski definition) is 0. The van der Waals surface area contributed by atoms with E-state index in [2.05, 4.69) is 39.0 Å². The fourth-order valence-electron chi connectivity index (χ4n) is 5.99. The number of aromatic nitrogens is 5. The van der Waals surface area contributed by atoms with E-state index in [1.807, 2.05) is 45.7 Å². The zero-order valence-corrected chi connectivity index (χ0v) is 21.5. The van der Waals surface area contributed by atoms with Crippen molar-refractivity contribution in [2.75, 3.05) is 48.0 Å². The van der Waals surface area contributed by atoms with Gasteiger partial charge in [-0.25, -0.2) is 4.98 Å². The normalized spacial score (nSPS) is 20.8. The summed E-state index contributed by atoms with van der Waals surface area (Å²) in [6, 6.07) is 6.48. The lowest BCUT2D eigenvalue weighted by Crippen LogP contribution is -2.39. The van der Waals surface area contributed by atoms with Crippen molar-refractivity contribution in [1.29, 1.82) is 0 Å². The van der Waals surface area contributed by atoms with E-state index in [0.29, 0.717) is 6.04 Å². The molecule has 190 valence electrons. The van der Waals surface area contributed by atoms with Crippen LogP contribution in [0.4, 0.5) is 23.0 Å². The SMILES string of the molecule is Cc1cc2c(N3C[C@@H]4C[C@H]3CO4)nc(N3CCN(C)c4cc(-c5cnn(C)c5)ncc43)cc2n(C)c1=O. The third-order valence-electron chi connectivity index (χ3n) is 8.04. The van der Waals surface area contributed by atoms with Crippen molar-refractivity contribution in [2.45, 2.75) is 25.5 Å². The number of fused-ring (bicyclic) bond motifs is 4. The Bertz CT molecular complexity index is 1610. The van der Waals surface area contributed by atoms with E-state index in [1.165, 1.54) is 0 Å². The molecule has 7 rings (SSSR count). The van der Waals surface area contributed by atoms with Gasteiger partial charge >= 0.3 is 0 Å². The minimum Gasteiger partial charge on any atom is -0.374 e. The van der Waals surface area contributed by atoms with Crippen LogP contribution in [0.5, 0.6) is 0 Å². The van der Waals surface area contributed by atoms with E-state index in [0.717, 1.165) is 83.4 Å². The molecule has 10 nitrogen and oxygen atoms in total. The van der Waals surface area contributed by atoms with Crippen molar-refractivity contribution >= 4 is 33.9 Å². The molecule has 0 spiro atoms. The molecule has 0 aromatic carbocycles. The van der Waals surface area contributed by atoms with Crippen LogP contribution < -0.4 is 20.3 Å². The average molecular weight is 499 g/mol. The van der Waals surface area contributed by atoms with Crippen molar-refractivity contribution in [3.8, 4) is 11.3 Å². The Labute approximate surface area is 214 Å². The number of nitrogens with zero attached hydrogens (tertiary/aromatic N) is 8. The molecule has 37 heavy (non-hydrogen) atoms. The summed E-state index contributed by atoms with van der Waals surface area (Å²) in [5, 5.41) is 5.31. The molecular weight excluding hydrogens is 468 g/mol. The number of anilines is 4. The van der Waals surface area contributed by atoms with Crippen molar-refractivity contribution in [2.24, 2.45) is 14.1 Å². The molecule has 0 saturated carbocycles. The first-order chi connectivity index (χ1) is 17.9. The van der Waals surface area contributed by atoms with Crippen LogP contribution in [0.1, 0.15) is 12.0 Å². The van der Waals surface area contributed by atoms with Gasteiger partial charge in [0.1, 0.15) is 11.6 Å². The first-order valence-electron chi connectivity index (χ1n) is 12.7. The standard InChI is InChI=1S/C27H30N8O2/c1-16-7-20-22(33(4)27(16)36)10-25(30-26(20)35-14-19-8-18(35)15-37-19)34-6-5-31(2)23-9-21(28-12-24(23)34)17-11-29-32(3)13-17/h7,9-13,18-19H,5-6,8,14-15H2,1-4H3/t18-,19-/m0/s1. The minimum absolute atomic E-state index is 0.0171. The van der Waals surface area contributed by atoms with E-state index < -0.39 is 0 Å². The predicted octanol–water partition coefficient (Wildman–Crippen LogP) is 2.60. The predicted molar refractivity (Wildman–Crippen MR) is 144 cm³/mol. The summed E-state index contributed by atoms with van der Waals surface area (Å²) in [4.78, 5) is 29.8. The third kappa shape index (κ3) is 3.42. The summed E-state index contributed by atoms with van der Waals surface area (Å²) < 4.78 is 9.42. The Kier molecular flexibility index (Phi) is 4.84. The molecule has 2 bridgehead atoms. The molecule has 3 aliphatic rings. The highest BCUT2D eigenvalue weighted by atomic mass is 16.5. The molecule has 4 aromatic rings. The molecule has 7 heterocycles. The van der Waals surface area contributed by atoms with E-state index in [-0.39, 0.29) is 11.7 Å². The smallest absolute Gasteiger partial charge is 0.253 e. The Morgan fingerprint density at radius 1 is 1.05 bits per heavy atom. The number of likely N-dealkylation sites (N-methyl/N-ethyl adjacent to an activating group) is 1. The number of ether oxygens (including phenoxy) is 1. The van der Waals surface area contributed by atoms with Gasteiger partial charge in [-0.05, 0) is 25.5 Å². The van der Waals surface area contributed by atoms with E-state index in [4.69, 9.17) is 14.7 Å². The van der Waals surface area contributed by atoms with Gasteiger partial charge < -0.3 is 24.0 Å². The minimum atomic E-state index is 0.0171. The molecule has 4 aromatic heterocycles. The fourth-order valence-corrected chi connectivity index (χ4v) is 5.99. The van der Waals surface area contributed by atoms with E-state index >= 15 is 0 Å². The molecule has 2 atom stereocenters. The molecule has 3 aliphatic heterocycles. The first kappa shape index (κ1) is 22.3. The molecule has 0 amide bonds. The molecule has 0 radical (unpaired) electrons. The average Bonchev–Trinajstić information content (AvgIpc) is 3.65. The number of aryl methyl sites for hydroxylation is 3. The maximum absolute atomic E-state index is 12.9. The van der Waals surface area contributed by atoms with Crippen molar-refractivity contribution < 1.29 is 4.74 Å². The molecule has 10 heteroatoms. The van der Waals surface area contributed by atoms with Crippen LogP contribution in [0.15, 0.2) is 41.6 Å². The lowest BCUT2D eigenvalue weighted by Gasteiger charge is -2.37. The Hall–Kier alpha value is -3.92. The molecule has 2 fully saturated rings. The van der Waals surface area contributed by atoms with Crippen LogP contribution in [-0.4, -0.2) is 69.8 Å². The van der Waals surface area contributed by atoms with Gasteiger partial charge in [0.15, 0.2) is 0 Å². The summed E-state index contributed by atoms with van der Waals surface area (Å²) in [6.45, 7) is 5.04. The molecule has 0 aliphatic carbocycles. The number of hydrogen-bond acceptors (Lipinski definition) is 8. The van der Waals surface area contributed by atoms with Crippen molar-refractivity contribution in [3.05, 3.63) is 52.7 Å². The van der Waals surface area contributed by atoms with Gasteiger partial charge in [0.25, 0.3) is 5.56 Å². The number of pyridine rings is 3. The summed E-state index contributed by atoms with van der Waals surface area (Å²) in [6.07, 6.45) is 7.01. The summed E-state index contributed by atoms with van der Waals surface area (Å²) in [5.74, 6) is 1.76. The van der Waals surface area contributed by atoms with Gasteiger partial charge in [-0.3, -0.25) is 14.5 Å². The quantitative estimate of drug-likeness (QED) is 0.426. The number of rotatable bonds is 3. The van der Waals surface area contributed by atoms with Crippen molar-refractivity contribution in [1.82, 2.24) is 24.3 Å². The summed E-state index contributed by atoms with van der Waals surface area (Å²) in [7, 11) is 5.87. The first-order valence-corrected chi connectivity index (χ1v) is 12.7. The van der Waals surface area contributed by atoms with Crippen LogP contribution in [0.2, 0.25) is 0 Å². The van der Waals surface area contributed by atoms with Crippen LogP contribution in [0.25, 0.3) is 22.2 Å². The Balaban J connectivity index is 1.39. The van der Waals surface area contributed by atoms with Gasteiger partial charge in [0.2, 0.25) is 0 Å². The van der Waals surface area contributed by atoms with E-state index in [1.54, 1.807) is 9.25 Å². The third-order valence-corrected chi connectivity index (χ3v) is 8.04. The zero-order valence-electron chi connectivity index (χ0n) is 21.5. The highest BCUT2D eigenvalue weighted by Gasteiger charge is 2.40. The summed E-state index contributed by atoms with van der Waals surface area (Å²) in [5.41, 5.74) is 5.60. The van der Waals surface area contributed by atoms with Gasteiger partial charge in [-0.15, -0.1) is 0 Å².